The van der Waals surface area contributed by atoms with Crippen LogP contribution in [0.15, 0.2) is 6.20 Å². The highest BCUT2D eigenvalue weighted by atomic mass is 32.1. The van der Waals surface area contributed by atoms with Gasteiger partial charge in [0.05, 0.1) is 6.04 Å². The standard InChI is InChI=1S/C14H22N2S/c1-3-12-8-15-14(17-12)9(2)16-13-7-10-4-5-11(13)6-10/h8-11,13,16H,3-7H2,1-2H3. The van der Waals surface area contributed by atoms with Gasteiger partial charge in [0, 0.05) is 17.1 Å². The molecule has 3 heteroatoms. The zero-order valence-electron chi connectivity index (χ0n) is 10.8. The molecule has 2 aliphatic carbocycles. The van der Waals surface area contributed by atoms with Crippen molar-refractivity contribution in [2.75, 3.05) is 0 Å². The Bertz CT molecular complexity index is 387. The minimum Gasteiger partial charge on any atom is -0.305 e. The van der Waals surface area contributed by atoms with E-state index in [1.54, 1.807) is 0 Å². The molecule has 0 spiro atoms. The Morgan fingerprint density at radius 2 is 2.35 bits per heavy atom. The van der Waals surface area contributed by atoms with E-state index < -0.39 is 0 Å². The first-order valence-electron chi connectivity index (χ1n) is 6.97. The summed E-state index contributed by atoms with van der Waals surface area (Å²) in [5.41, 5.74) is 0. The smallest absolute Gasteiger partial charge is 0.109 e. The van der Waals surface area contributed by atoms with Crippen LogP contribution in [0.3, 0.4) is 0 Å². The maximum absolute atomic E-state index is 4.55. The van der Waals surface area contributed by atoms with Crippen molar-refractivity contribution >= 4 is 11.3 Å². The molecule has 0 aromatic carbocycles. The van der Waals surface area contributed by atoms with E-state index in [0.717, 1.165) is 24.3 Å². The Hall–Kier alpha value is -0.410. The average molecular weight is 250 g/mol. The van der Waals surface area contributed by atoms with Crippen LogP contribution in [0.4, 0.5) is 0 Å². The van der Waals surface area contributed by atoms with Crippen LogP contribution in [0.1, 0.15) is 55.5 Å². The highest BCUT2D eigenvalue weighted by molar-refractivity contribution is 7.11. The van der Waals surface area contributed by atoms with Gasteiger partial charge >= 0.3 is 0 Å². The molecular formula is C14H22N2S. The number of hydrogen-bond donors (Lipinski definition) is 1. The molecule has 2 aliphatic rings. The molecule has 1 heterocycles. The third-order valence-electron chi connectivity index (χ3n) is 4.49. The number of nitrogens with zero attached hydrogens (tertiary/aromatic N) is 1. The molecule has 1 aromatic rings. The van der Waals surface area contributed by atoms with Gasteiger partial charge < -0.3 is 5.32 Å². The molecule has 2 nitrogen and oxygen atoms in total. The first-order valence-corrected chi connectivity index (χ1v) is 7.78. The molecule has 4 unspecified atom stereocenters. The van der Waals surface area contributed by atoms with E-state index >= 15 is 0 Å². The van der Waals surface area contributed by atoms with Crippen molar-refractivity contribution in [3.05, 3.63) is 16.1 Å². The second-order valence-electron chi connectivity index (χ2n) is 5.69. The van der Waals surface area contributed by atoms with Crippen molar-refractivity contribution in [3.8, 4) is 0 Å². The van der Waals surface area contributed by atoms with Crippen LogP contribution in [0, 0.1) is 11.8 Å². The summed E-state index contributed by atoms with van der Waals surface area (Å²) in [5.74, 6) is 1.97. The molecule has 1 aromatic heterocycles. The van der Waals surface area contributed by atoms with E-state index in [-0.39, 0.29) is 0 Å². The number of nitrogens with one attached hydrogen (secondary N) is 1. The van der Waals surface area contributed by atoms with Crippen LogP contribution in [0.25, 0.3) is 0 Å². The molecule has 1 N–H and O–H groups in total. The quantitative estimate of drug-likeness (QED) is 0.884. The minimum atomic E-state index is 0.435. The first-order chi connectivity index (χ1) is 8.26. The molecule has 94 valence electrons. The number of thiazole rings is 1. The highest BCUT2D eigenvalue weighted by Gasteiger charge is 2.39. The van der Waals surface area contributed by atoms with Gasteiger partial charge in [-0.15, -0.1) is 11.3 Å². The second kappa shape index (κ2) is 4.69. The highest BCUT2D eigenvalue weighted by Crippen LogP contribution is 2.45. The van der Waals surface area contributed by atoms with Gasteiger partial charge in [0.2, 0.25) is 0 Å². The number of aryl methyl sites for hydroxylation is 1. The maximum atomic E-state index is 4.55. The number of aromatic nitrogens is 1. The Morgan fingerprint density at radius 1 is 1.47 bits per heavy atom. The van der Waals surface area contributed by atoms with E-state index in [0.29, 0.717) is 6.04 Å². The van der Waals surface area contributed by atoms with Gasteiger partial charge in [-0.1, -0.05) is 13.3 Å². The summed E-state index contributed by atoms with van der Waals surface area (Å²) in [4.78, 5) is 5.95. The summed E-state index contributed by atoms with van der Waals surface area (Å²) < 4.78 is 0. The Morgan fingerprint density at radius 3 is 2.94 bits per heavy atom. The summed E-state index contributed by atoms with van der Waals surface area (Å²) in [6, 6.07) is 1.20. The lowest BCUT2D eigenvalue weighted by Gasteiger charge is -2.25. The molecule has 17 heavy (non-hydrogen) atoms. The van der Waals surface area contributed by atoms with Crippen LogP contribution < -0.4 is 5.32 Å². The average Bonchev–Trinajstić information content (AvgIpc) is 3.04. The van der Waals surface area contributed by atoms with Gasteiger partial charge in [-0.3, -0.25) is 0 Å². The summed E-state index contributed by atoms with van der Waals surface area (Å²) in [6.45, 7) is 4.47. The van der Waals surface area contributed by atoms with Gasteiger partial charge in [0.1, 0.15) is 5.01 Å². The molecule has 0 radical (unpaired) electrons. The lowest BCUT2D eigenvalue weighted by molar-refractivity contribution is 0.326. The third-order valence-corrected chi connectivity index (χ3v) is 5.82. The van der Waals surface area contributed by atoms with Gasteiger partial charge in [-0.25, -0.2) is 4.98 Å². The normalized spacial score (nSPS) is 33.2. The van der Waals surface area contributed by atoms with E-state index in [4.69, 9.17) is 0 Å². The zero-order valence-corrected chi connectivity index (χ0v) is 11.6. The SMILES string of the molecule is CCc1cnc(C(C)NC2CC3CCC2C3)s1. The molecule has 4 atom stereocenters. The molecule has 0 saturated heterocycles. The van der Waals surface area contributed by atoms with Gasteiger partial charge in [0.25, 0.3) is 0 Å². The lowest BCUT2D eigenvalue weighted by Crippen LogP contribution is -2.35. The van der Waals surface area contributed by atoms with E-state index in [1.807, 2.05) is 17.5 Å². The second-order valence-corrected chi connectivity index (χ2v) is 6.83. The number of hydrogen-bond acceptors (Lipinski definition) is 3. The zero-order chi connectivity index (χ0) is 11.8. The van der Waals surface area contributed by atoms with Crippen LogP contribution >= 0.6 is 11.3 Å². The summed E-state index contributed by atoms with van der Waals surface area (Å²) in [7, 11) is 0. The van der Waals surface area contributed by atoms with Crippen molar-refractivity contribution in [1.29, 1.82) is 0 Å². The molecule has 0 aliphatic heterocycles. The molecule has 3 rings (SSSR count). The minimum absolute atomic E-state index is 0.435. The largest absolute Gasteiger partial charge is 0.305 e. The van der Waals surface area contributed by atoms with Crippen molar-refractivity contribution in [2.45, 2.75) is 58.0 Å². The molecular weight excluding hydrogens is 228 g/mol. The van der Waals surface area contributed by atoms with Crippen LogP contribution in [0.5, 0.6) is 0 Å². The van der Waals surface area contributed by atoms with Crippen molar-refractivity contribution < 1.29 is 0 Å². The Balaban J connectivity index is 1.61. The van der Waals surface area contributed by atoms with Crippen LogP contribution in [0.2, 0.25) is 0 Å². The Kier molecular flexibility index (Phi) is 3.22. The predicted molar refractivity (Wildman–Crippen MR) is 72.3 cm³/mol. The van der Waals surface area contributed by atoms with Crippen LogP contribution in [-0.4, -0.2) is 11.0 Å². The van der Waals surface area contributed by atoms with Crippen molar-refractivity contribution in [1.82, 2.24) is 10.3 Å². The Labute approximate surface area is 108 Å². The molecule has 0 amide bonds. The van der Waals surface area contributed by atoms with Crippen molar-refractivity contribution in [2.24, 2.45) is 11.8 Å². The third kappa shape index (κ3) is 2.27. The fourth-order valence-electron chi connectivity index (χ4n) is 3.53. The topological polar surface area (TPSA) is 24.9 Å². The number of fused-ring (bicyclic) bond motifs is 2. The molecule has 2 saturated carbocycles. The first kappa shape index (κ1) is 11.7. The van der Waals surface area contributed by atoms with Crippen LogP contribution in [-0.2, 0) is 6.42 Å². The summed E-state index contributed by atoms with van der Waals surface area (Å²) in [6.07, 6.45) is 8.96. The number of rotatable bonds is 4. The van der Waals surface area contributed by atoms with E-state index in [1.165, 1.54) is 35.6 Å². The predicted octanol–water partition coefficient (Wildman–Crippen LogP) is 3.54. The summed E-state index contributed by atoms with van der Waals surface area (Å²) in [5, 5.41) is 5.08. The van der Waals surface area contributed by atoms with Crippen molar-refractivity contribution in [3.63, 3.8) is 0 Å². The molecule has 2 fully saturated rings. The van der Waals surface area contributed by atoms with Gasteiger partial charge in [0.15, 0.2) is 0 Å². The van der Waals surface area contributed by atoms with E-state index in [2.05, 4.69) is 24.1 Å². The van der Waals surface area contributed by atoms with Gasteiger partial charge in [-0.05, 0) is 44.4 Å². The van der Waals surface area contributed by atoms with E-state index in [9.17, 15) is 0 Å². The molecule has 2 bridgehead atoms. The lowest BCUT2D eigenvalue weighted by atomic mass is 9.95. The fourth-order valence-corrected chi connectivity index (χ4v) is 4.40. The fraction of sp³-hybridized carbons (Fsp3) is 0.786. The summed E-state index contributed by atoms with van der Waals surface area (Å²) >= 11 is 1.87. The van der Waals surface area contributed by atoms with Gasteiger partial charge in [-0.2, -0.15) is 0 Å². The monoisotopic (exact) mass is 250 g/mol. The maximum Gasteiger partial charge on any atom is 0.109 e.